The normalized spacial score (nSPS) is 17.9. The minimum absolute atomic E-state index is 0.271. The van der Waals surface area contributed by atoms with Crippen molar-refractivity contribution in [3.8, 4) is 22.0 Å². The zero-order valence-corrected chi connectivity index (χ0v) is 19.7. The highest BCUT2D eigenvalue weighted by atomic mass is 32.1. The van der Waals surface area contributed by atoms with Crippen molar-refractivity contribution in [1.29, 1.82) is 0 Å². The van der Waals surface area contributed by atoms with Crippen LogP contribution < -0.4 is 5.32 Å². The first-order valence-electron chi connectivity index (χ1n) is 11.0. The number of thiazole rings is 1. The van der Waals surface area contributed by atoms with Crippen molar-refractivity contribution in [3.63, 3.8) is 0 Å². The average molecular weight is 473 g/mol. The molecule has 0 bridgehead atoms. The monoisotopic (exact) mass is 472 g/mol. The van der Waals surface area contributed by atoms with E-state index in [4.69, 9.17) is 4.98 Å². The van der Waals surface area contributed by atoms with Gasteiger partial charge in [0.1, 0.15) is 10.7 Å². The Labute approximate surface area is 201 Å². The van der Waals surface area contributed by atoms with Crippen LogP contribution >= 0.6 is 11.3 Å². The maximum absolute atomic E-state index is 12.5. The Morgan fingerprint density at radius 2 is 1.97 bits per heavy atom. The lowest BCUT2D eigenvalue weighted by Gasteiger charge is -2.21. The van der Waals surface area contributed by atoms with Crippen LogP contribution in [0.4, 0.5) is 5.95 Å². The molecule has 4 aromatic rings. The molecule has 5 rings (SSSR count). The molecule has 2 N–H and O–H groups in total. The van der Waals surface area contributed by atoms with Crippen LogP contribution in [0.5, 0.6) is 0 Å². The molecule has 0 radical (unpaired) electrons. The fourth-order valence-electron chi connectivity index (χ4n) is 4.04. The molecule has 1 aromatic carbocycles. The Hall–Kier alpha value is -3.69. The summed E-state index contributed by atoms with van der Waals surface area (Å²) in [4.78, 5) is 32.0. The third kappa shape index (κ3) is 4.27. The second kappa shape index (κ2) is 8.92. The lowest BCUT2D eigenvalue weighted by atomic mass is 9.91. The molecule has 1 aliphatic rings. The van der Waals surface area contributed by atoms with Gasteiger partial charge in [0.05, 0.1) is 5.69 Å². The number of likely N-dealkylation sites (N-methyl/N-ethyl adjacent to an activating group) is 1. The topological polar surface area (TPSA) is 104 Å². The van der Waals surface area contributed by atoms with Gasteiger partial charge in [0.25, 0.3) is 5.91 Å². The molecular formula is C25H24N6O2S. The number of aryl methyl sites for hydroxylation is 1. The molecule has 8 nitrogen and oxygen atoms in total. The quantitative estimate of drug-likeness (QED) is 0.442. The first-order chi connectivity index (χ1) is 16.4. The number of carbonyl (C=O) groups is 1. The molecule has 1 fully saturated rings. The molecule has 1 aliphatic heterocycles. The number of pyridine rings is 1. The SMILES string of the molecule is Cc1cc(CNc2nccc(-c3csc(-c4cccc([C@]5(O)CCN(C)C5=O)c4)n3)n2)ccn1. The molecule has 3 aromatic heterocycles. The van der Waals surface area contributed by atoms with Crippen molar-refractivity contribution in [1.82, 2.24) is 24.8 Å². The smallest absolute Gasteiger partial charge is 0.258 e. The Morgan fingerprint density at radius 1 is 1.12 bits per heavy atom. The van der Waals surface area contributed by atoms with Crippen LogP contribution in [0.3, 0.4) is 0 Å². The number of benzene rings is 1. The molecule has 9 heteroatoms. The minimum Gasteiger partial charge on any atom is -0.375 e. The van der Waals surface area contributed by atoms with Crippen LogP contribution in [-0.2, 0) is 16.9 Å². The number of hydrogen-bond acceptors (Lipinski definition) is 8. The number of likely N-dealkylation sites (tertiary alicyclic amines) is 1. The number of hydrogen-bond donors (Lipinski definition) is 2. The number of nitrogens with zero attached hydrogens (tertiary/aromatic N) is 5. The van der Waals surface area contributed by atoms with Crippen LogP contribution in [0.25, 0.3) is 22.0 Å². The Bertz CT molecular complexity index is 1360. The van der Waals surface area contributed by atoms with Crippen LogP contribution in [0.15, 0.2) is 60.2 Å². The van der Waals surface area contributed by atoms with Gasteiger partial charge in [-0.05, 0) is 42.3 Å². The molecule has 34 heavy (non-hydrogen) atoms. The van der Waals surface area contributed by atoms with E-state index in [1.54, 1.807) is 30.4 Å². The average Bonchev–Trinajstić information content (AvgIpc) is 3.45. The number of aromatic nitrogens is 4. The lowest BCUT2D eigenvalue weighted by molar-refractivity contribution is -0.143. The zero-order chi connectivity index (χ0) is 23.7. The minimum atomic E-state index is -1.48. The van der Waals surface area contributed by atoms with E-state index < -0.39 is 5.60 Å². The van der Waals surface area contributed by atoms with Gasteiger partial charge in [0.2, 0.25) is 5.95 Å². The summed E-state index contributed by atoms with van der Waals surface area (Å²) in [6, 6.07) is 13.2. The number of anilines is 1. The van der Waals surface area contributed by atoms with E-state index in [2.05, 4.69) is 20.3 Å². The number of carbonyl (C=O) groups excluding carboxylic acids is 1. The lowest BCUT2D eigenvalue weighted by Crippen LogP contribution is -2.36. The van der Waals surface area contributed by atoms with Crippen molar-refractivity contribution in [2.24, 2.45) is 0 Å². The van der Waals surface area contributed by atoms with E-state index >= 15 is 0 Å². The fourth-order valence-corrected chi connectivity index (χ4v) is 4.85. The number of nitrogens with one attached hydrogen (secondary N) is 1. The van der Waals surface area contributed by atoms with E-state index in [9.17, 15) is 9.90 Å². The largest absolute Gasteiger partial charge is 0.375 e. The standard InChI is InChI=1S/C25H24N6O2S/c1-16-12-17(6-9-26-16)14-28-24-27-10-7-20(30-24)21-15-34-22(29-21)18-4-3-5-19(13-18)25(33)8-11-31(2)23(25)32/h3-7,9-10,12-13,15,33H,8,11,14H2,1-2H3,(H,27,28,30)/t25-/m1/s1. The van der Waals surface area contributed by atoms with Crippen molar-refractivity contribution >= 4 is 23.2 Å². The highest BCUT2D eigenvalue weighted by molar-refractivity contribution is 7.13. The summed E-state index contributed by atoms with van der Waals surface area (Å²) in [6.07, 6.45) is 3.87. The predicted octanol–water partition coefficient (Wildman–Crippen LogP) is 3.63. The molecule has 1 saturated heterocycles. The molecule has 1 atom stereocenters. The van der Waals surface area contributed by atoms with Gasteiger partial charge in [-0.1, -0.05) is 18.2 Å². The molecule has 0 aliphatic carbocycles. The molecule has 1 amide bonds. The Morgan fingerprint density at radius 3 is 2.76 bits per heavy atom. The number of amides is 1. The summed E-state index contributed by atoms with van der Waals surface area (Å²) >= 11 is 1.49. The van der Waals surface area contributed by atoms with Gasteiger partial charge < -0.3 is 15.3 Å². The third-order valence-electron chi connectivity index (χ3n) is 5.93. The molecule has 0 spiro atoms. The van der Waals surface area contributed by atoms with Gasteiger partial charge in [-0.3, -0.25) is 9.78 Å². The Kier molecular flexibility index (Phi) is 5.80. The predicted molar refractivity (Wildman–Crippen MR) is 131 cm³/mol. The van der Waals surface area contributed by atoms with Crippen molar-refractivity contribution in [2.75, 3.05) is 18.9 Å². The zero-order valence-electron chi connectivity index (χ0n) is 18.9. The van der Waals surface area contributed by atoms with Gasteiger partial charge in [-0.2, -0.15) is 0 Å². The highest BCUT2D eigenvalue weighted by Gasteiger charge is 2.45. The molecule has 0 unspecified atom stereocenters. The third-order valence-corrected chi connectivity index (χ3v) is 6.82. The molecule has 4 heterocycles. The maximum atomic E-state index is 12.5. The van der Waals surface area contributed by atoms with Gasteiger partial charge in [-0.25, -0.2) is 15.0 Å². The van der Waals surface area contributed by atoms with Crippen LogP contribution in [0, 0.1) is 6.92 Å². The summed E-state index contributed by atoms with van der Waals surface area (Å²) in [5, 5.41) is 17.0. The summed E-state index contributed by atoms with van der Waals surface area (Å²) < 4.78 is 0. The van der Waals surface area contributed by atoms with Crippen LogP contribution in [0.2, 0.25) is 0 Å². The van der Waals surface area contributed by atoms with Crippen LogP contribution in [-0.4, -0.2) is 49.4 Å². The van der Waals surface area contributed by atoms with Gasteiger partial charge in [0.15, 0.2) is 5.60 Å². The van der Waals surface area contributed by atoms with E-state index in [-0.39, 0.29) is 5.91 Å². The summed E-state index contributed by atoms with van der Waals surface area (Å²) in [5.74, 6) is 0.252. The maximum Gasteiger partial charge on any atom is 0.258 e. The first-order valence-corrected chi connectivity index (χ1v) is 11.8. The second-order valence-corrected chi connectivity index (χ2v) is 9.24. The Balaban J connectivity index is 1.36. The van der Waals surface area contributed by atoms with Gasteiger partial charge >= 0.3 is 0 Å². The van der Waals surface area contributed by atoms with E-state index in [0.29, 0.717) is 36.7 Å². The number of rotatable bonds is 6. The van der Waals surface area contributed by atoms with Crippen molar-refractivity contribution in [3.05, 3.63) is 77.1 Å². The van der Waals surface area contributed by atoms with Crippen molar-refractivity contribution < 1.29 is 9.90 Å². The molecular weight excluding hydrogens is 448 g/mol. The van der Waals surface area contributed by atoms with Crippen LogP contribution in [0.1, 0.15) is 23.2 Å². The van der Waals surface area contributed by atoms with Gasteiger partial charge in [-0.15, -0.1) is 11.3 Å². The van der Waals surface area contributed by atoms with E-state index in [1.807, 2.05) is 48.7 Å². The fraction of sp³-hybridized carbons (Fsp3) is 0.240. The van der Waals surface area contributed by atoms with E-state index in [1.165, 1.54) is 11.3 Å². The number of aliphatic hydroxyl groups is 1. The summed E-state index contributed by atoms with van der Waals surface area (Å²) in [5.41, 5.74) is 3.49. The summed E-state index contributed by atoms with van der Waals surface area (Å²) in [6.45, 7) is 3.09. The second-order valence-electron chi connectivity index (χ2n) is 8.38. The first kappa shape index (κ1) is 22.1. The van der Waals surface area contributed by atoms with Gasteiger partial charge in [0, 0.05) is 55.6 Å². The summed E-state index contributed by atoms with van der Waals surface area (Å²) in [7, 11) is 1.71. The van der Waals surface area contributed by atoms with E-state index in [0.717, 1.165) is 27.5 Å². The molecule has 172 valence electrons. The highest BCUT2D eigenvalue weighted by Crippen LogP contribution is 2.36. The molecule has 0 saturated carbocycles. The van der Waals surface area contributed by atoms with Crippen molar-refractivity contribution in [2.45, 2.75) is 25.5 Å².